The Balaban J connectivity index is 0.000000780. The molecule has 4 saturated heterocycles. The summed E-state index contributed by atoms with van der Waals surface area (Å²) >= 11 is 6.64. The fourth-order valence-electron chi connectivity index (χ4n) is 8.03. The number of nitrogens with zero attached hydrogens (tertiary/aromatic N) is 7. The summed E-state index contributed by atoms with van der Waals surface area (Å²) in [5, 5.41) is 2.64. The molecule has 55 heavy (non-hydrogen) atoms. The van der Waals surface area contributed by atoms with Crippen LogP contribution in [0.2, 0.25) is 5.02 Å². The van der Waals surface area contributed by atoms with Crippen LogP contribution in [0.15, 0.2) is 55.3 Å². The van der Waals surface area contributed by atoms with Gasteiger partial charge in [0.1, 0.15) is 23.6 Å². The topological polar surface area (TPSA) is 77.9 Å². The van der Waals surface area contributed by atoms with Gasteiger partial charge in [-0.15, -0.1) is 6.58 Å². The Morgan fingerprint density at radius 3 is 2.42 bits per heavy atom. The molecule has 0 N–H and O–H groups in total. The Hall–Kier alpha value is -4.30. The molecule has 0 radical (unpaired) electrons. The maximum absolute atomic E-state index is 16.8. The van der Waals surface area contributed by atoms with Crippen molar-refractivity contribution in [2.24, 2.45) is 0 Å². The molecule has 4 aromatic rings. The summed E-state index contributed by atoms with van der Waals surface area (Å²) in [6.07, 6.45) is 9.55. The number of rotatable bonds is 6. The van der Waals surface area contributed by atoms with Gasteiger partial charge in [-0.2, -0.15) is 9.97 Å². The molecule has 2 aromatic heterocycles. The number of anilines is 1. The van der Waals surface area contributed by atoms with E-state index < -0.39 is 5.82 Å². The zero-order valence-electron chi connectivity index (χ0n) is 33.7. The minimum absolute atomic E-state index is 0.0202. The number of likely N-dealkylation sites (N-methyl/N-ethyl adjacent to an activating group) is 1. The third kappa shape index (κ3) is 8.75. The molecule has 294 valence electrons. The lowest BCUT2D eigenvalue weighted by Crippen LogP contribution is -2.43. The Bertz CT molecular complexity index is 2020. The Labute approximate surface area is 331 Å². The van der Waals surface area contributed by atoms with Crippen LogP contribution in [0.4, 0.5) is 10.2 Å². The zero-order valence-corrected chi connectivity index (χ0v) is 34.4. The zero-order chi connectivity index (χ0) is 39.7. The molecular formula is C44H57ClFN7O2. The van der Waals surface area contributed by atoms with Crippen molar-refractivity contribution in [2.75, 3.05) is 58.3 Å². The van der Waals surface area contributed by atoms with Crippen LogP contribution in [0.1, 0.15) is 73.1 Å². The summed E-state index contributed by atoms with van der Waals surface area (Å²) < 4.78 is 23.2. The number of benzene rings is 2. The number of hydrogen-bond acceptors (Lipinski definition) is 8. The first kappa shape index (κ1) is 41.9. The number of fused-ring (bicyclic) bond motifs is 3. The number of carbonyl (C=O) groups is 1. The number of aromatic nitrogens is 3. The molecule has 4 aliphatic rings. The maximum Gasteiger partial charge on any atom is 0.319 e. The van der Waals surface area contributed by atoms with Gasteiger partial charge in [-0.3, -0.25) is 19.6 Å². The van der Waals surface area contributed by atoms with Crippen LogP contribution in [-0.2, 0) is 4.79 Å². The molecule has 0 saturated carbocycles. The lowest BCUT2D eigenvalue weighted by molar-refractivity contribution is -0.124. The van der Waals surface area contributed by atoms with Crippen LogP contribution in [0.5, 0.6) is 6.01 Å². The molecule has 6 heterocycles. The molecule has 0 aliphatic carbocycles. The van der Waals surface area contributed by atoms with Gasteiger partial charge < -0.3 is 14.5 Å². The molecule has 9 nitrogen and oxygen atoms in total. The maximum atomic E-state index is 16.8. The summed E-state index contributed by atoms with van der Waals surface area (Å²) in [4.78, 5) is 35.7. The summed E-state index contributed by atoms with van der Waals surface area (Å²) in [6, 6.07) is 11.5. The van der Waals surface area contributed by atoms with Crippen molar-refractivity contribution in [3.05, 3.63) is 66.1 Å². The van der Waals surface area contributed by atoms with Crippen LogP contribution in [-0.4, -0.2) is 107 Å². The van der Waals surface area contributed by atoms with Crippen LogP contribution in [0, 0.1) is 17.7 Å². The van der Waals surface area contributed by atoms with Crippen LogP contribution in [0.3, 0.4) is 0 Å². The number of pyridine rings is 1. The average molecular weight is 770 g/mol. The largest absolute Gasteiger partial charge is 0.461 e. The van der Waals surface area contributed by atoms with E-state index in [2.05, 4.69) is 33.2 Å². The predicted octanol–water partition coefficient (Wildman–Crippen LogP) is 8.63. The normalized spacial score (nSPS) is 19.7. The summed E-state index contributed by atoms with van der Waals surface area (Å²) in [5.74, 6) is 5.79. The van der Waals surface area contributed by atoms with E-state index in [0.717, 1.165) is 68.9 Å². The number of hydrogen-bond donors (Lipinski definition) is 0. The van der Waals surface area contributed by atoms with Crippen molar-refractivity contribution < 1.29 is 13.9 Å². The highest BCUT2D eigenvalue weighted by molar-refractivity contribution is 6.36. The lowest BCUT2D eigenvalue weighted by Gasteiger charge is -2.33. The Morgan fingerprint density at radius 2 is 1.76 bits per heavy atom. The summed E-state index contributed by atoms with van der Waals surface area (Å²) in [5.41, 5.74) is 0.890. The SMILES string of the molecule is C=CC.CC.CC.CN1CCC1C#CC(=O)N1CCC(N(C)c2nc(OCC34CCCN3CCC4)nc3c(F)c(-c4cccc5cccc(Cl)c45)ncc23)C1. The minimum Gasteiger partial charge on any atom is -0.461 e. The number of amides is 1. The smallest absolute Gasteiger partial charge is 0.319 e. The Morgan fingerprint density at radius 1 is 1.07 bits per heavy atom. The first-order valence-electron chi connectivity index (χ1n) is 20.0. The molecular weight excluding hydrogens is 713 g/mol. The van der Waals surface area contributed by atoms with Crippen molar-refractivity contribution in [3.63, 3.8) is 0 Å². The second-order valence-corrected chi connectivity index (χ2v) is 14.5. The van der Waals surface area contributed by atoms with Crippen LogP contribution in [0.25, 0.3) is 32.9 Å². The van der Waals surface area contributed by atoms with Crippen LogP contribution >= 0.6 is 11.6 Å². The van der Waals surface area contributed by atoms with E-state index in [0.29, 0.717) is 41.5 Å². The fraction of sp³-hybridized carbons (Fsp3) is 0.500. The summed E-state index contributed by atoms with van der Waals surface area (Å²) in [7, 11) is 3.96. The molecule has 4 aliphatic heterocycles. The van der Waals surface area contributed by atoms with Gasteiger partial charge in [0.15, 0.2) is 5.82 Å². The average Bonchev–Trinajstić information content (AvgIpc) is 3.96. The molecule has 2 unspecified atom stereocenters. The monoisotopic (exact) mass is 769 g/mol. The highest BCUT2D eigenvalue weighted by Crippen LogP contribution is 2.40. The van der Waals surface area contributed by atoms with E-state index in [4.69, 9.17) is 26.3 Å². The molecule has 2 atom stereocenters. The quantitative estimate of drug-likeness (QED) is 0.143. The second kappa shape index (κ2) is 19.0. The van der Waals surface area contributed by atoms with Crippen LogP contribution < -0.4 is 9.64 Å². The molecule has 0 spiro atoms. The highest BCUT2D eigenvalue weighted by Gasteiger charge is 2.45. The first-order valence-corrected chi connectivity index (χ1v) is 20.3. The van der Waals surface area contributed by atoms with Gasteiger partial charge in [-0.1, -0.05) is 81.6 Å². The van der Waals surface area contributed by atoms with Gasteiger partial charge >= 0.3 is 6.01 Å². The van der Waals surface area contributed by atoms with Gasteiger partial charge in [-0.05, 0) is 83.0 Å². The lowest BCUT2D eigenvalue weighted by atomic mass is 9.95. The van der Waals surface area contributed by atoms with Gasteiger partial charge in [0.2, 0.25) is 0 Å². The predicted molar refractivity (Wildman–Crippen MR) is 224 cm³/mol. The van der Waals surface area contributed by atoms with Gasteiger partial charge in [-0.25, -0.2) is 4.39 Å². The Kier molecular flexibility index (Phi) is 14.5. The standard InChI is InChI=1S/C37H39ClFN7O2.C3H6.2C2H6/c1-43-19-13-25(43)11-12-30(47)45-20-14-26(22-45)44(2)35-28-21-40-33(27-9-3-7-24-8-4-10-29(38)31(24)27)32(39)34(28)41-36(42-35)48-23-37-15-5-17-46(37)18-6-16-37;1-3-2;2*1-2/h3-4,7-10,21,25-26H,5-6,13-20,22-23H2,1-2H3;3H,1H2,2H3;2*1-2H3. The van der Waals surface area contributed by atoms with E-state index >= 15 is 4.39 Å². The molecule has 8 rings (SSSR count). The van der Waals surface area contributed by atoms with Crippen molar-refractivity contribution in [3.8, 4) is 29.1 Å². The van der Waals surface area contributed by atoms with E-state index in [1.165, 1.54) is 0 Å². The number of allylic oxidation sites excluding steroid dienone is 1. The first-order chi connectivity index (χ1) is 26.7. The van der Waals surface area contributed by atoms with Crippen molar-refractivity contribution in [1.29, 1.82) is 0 Å². The van der Waals surface area contributed by atoms with Gasteiger partial charge in [0.05, 0.1) is 17.0 Å². The third-order valence-electron chi connectivity index (χ3n) is 11.0. The van der Waals surface area contributed by atoms with Crippen molar-refractivity contribution in [2.45, 2.75) is 90.8 Å². The van der Waals surface area contributed by atoms with Gasteiger partial charge in [0, 0.05) is 54.9 Å². The molecule has 11 heteroatoms. The van der Waals surface area contributed by atoms with E-state index in [-0.39, 0.29) is 40.8 Å². The molecule has 1 amide bonds. The van der Waals surface area contributed by atoms with E-state index in [1.54, 1.807) is 23.2 Å². The van der Waals surface area contributed by atoms with Gasteiger partial charge in [0.25, 0.3) is 5.91 Å². The number of halogens is 2. The second-order valence-electron chi connectivity index (χ2n) is 14.1. The molecule has 4 fully saturated rings. The number of likely N-dealkylation sites (tertiary alicyclic amines) is 2. The molecule has 0 bridgehead atoms. The number of ether oxygens (including phenoxy) is 1. The van der Waals surface area contributed by atoms with Crippen molar-refractivity contribution in [1.82, 2.24) is 29.7 Å². The third-order valence-corrected chi connectivity index (χ3v) is 11.3. The van der Waals surface area contributed by atoms with E-state index in [1.807, 2.05) is 83.9 Å². The highest BCUT2D eigenvalue weighted by atomic mass is 35.5. The van der Waals surface area contributed by atoms with E-state index in [9.17, 15) is 4.79 Å². The fourth-order valence-corrected chi connectivity index (χ4v) is 8.32. The summed E-state index contributed by atoms with van der Waals surface area (Å²) in [6.45, 7) is 18.0. The van der Waals surface area contributed by atoms with Crippen molar-refractivity contribution >= 4 is 45.0 Å². The number of carbonyl (C=O) groups excluding carboxylic acids is 1. The molecule has 2 aromatic carbocycles. The minimum atomic E-state index is -0.553.